The monoisotopic (exact) mass is 267 g/mol. The Morgan fingerprint density at radius 3 is 2.58 bits per heavy atom. The Hall–Kier alpha value is -0.610. The van der Waals surface area contributed by atoms with Crippen molar-refractivity contribution < 1.29 is 4.79 Å². The highest BCUT2D eigenvalue weighted by atomic mass is 16.2. The van der Waals surface area contributed by atoms with E-state index in [0.717, 1.165) is 32.4 Å². The second-order valence-corrected chi connectivity index (χ2v) is 6.73. The van der Waals surface area contributed by atoms with Crippen LogP contribution in [0.1, 0.15) is 51.9 Å². The molecule has 0 radical (unpaired) electrons. The number of nitrogens with two attached hydrogens (primary N) is 1. The van der Waals surface area contributed by atoms with E-state index in [2.05, 4.69) is 17.1 Å². The van der Waals surface area contributed by atoms with Crippen LogP contribution in [0.3, 0.4) is 0 Å². The number of rotatable bonds is 4. The predicted molar refractivity (Wildman–Crippen MR) is 77.9 cm³/mol. The van der Waals surface area contributed by atoms with Crippen LogP contribution in [0, 0.1) is 5.41 Å². The maximum absolute atomic E-state index is 12.1. The van der Waals surface area contributed by atoms with Crippen LogP contribution in [-0.2, 0) is 4.79 Å². The molecule has 4 nitrogen and oxygen atoms in total. The second kappa shape index (κ2) is 6.71. The third-order valence-electron chi connectivity index (χ3n) is 4.72. The molecular weight excluding hydrogens is 238 g/mol. The summed E-state index contributed by atoms with van der Waals surface area (Å²) in [5.74, 6) is 0.202. The first-order valence-corrected chi connectivity index (χ1v) is 7.83. The molecule has 1 unspecified atom stereocenters. The molecule has 1 saturated carbocycles. The van der Waals surface area contributed by atoms with E-state index in [9.17, 15) is 4.79 Å². The number of hydrogen-bond donors (Lipinski definition) is 2. The molecule has 0 aromatic carbocycles. The minimum absolute atomic E-state index is 0.202. The van der Waals surface area contributed by atoms with Crippen LogP contribution in [0.5, 0.6) is 0 Å². The van der Waals surface area contributed by atoms with Gasteiger partial charge in [0.1, 0.15) is 0 Å². The van der Waals surface area contributed by atoms with Gasteiger partial charge in [0.2, 0.25) is 5.91 Å². The van der Waals surface area contributed by atoms with E-state index in [1.54, 1.807) is 0 Å². The second-order valence-electron chi connectivity index (χ2n) is 6.73. The van der Waals surface area contributed by atoms with Gasteiger partial charge in [-0.1, -0.05) is 32.6 Å². The van der Waals surface area contributed by atoms with Crippen molar-refractivity contribution >= 4 is 5.91 Å². The van der Waals surface area contributed by atoms with Gasteiger partial charge in [-0.2, -0.15) is 0 Å². The van der Waals surface area contributed by atoms with Crippen molar-refractivity contribution in [3.8, 4) is 0 Å². The van der Waals surface area contributed by atoms with E-state index in [4.69, 9.17) is 5.73 Å². The molecule has 4 heteroatoms. The Balaban J connectivity index is 1.72. The highest BCUT2D eigenvalue weighted by molar-refractivity contribution is 5.78. The van der Waals surface area contributed by atoms with Crippen molar-refractivity contribution in [3.63, 3.8) is 0 Å². The Morgan fingerprint density at radius 1 is 1.32 bits per heavy atom. The number of carbonyl (C=O) groups is 1. The molecule has 0 spiro atoms. The lowest BCUT2D eigenvalue weighted by Crippen LogP contribution is -2.42. The standard InChI is InChI=1S/C15H29N3O/c1-15(11-16)8-9-18(12-15)10-14(19)17-13-6-4-2-3-5-7-13/h13H,2-12,16H2,1H3,(H,17,19). The summed E-state index contributed by atoms with van der Waals surface area (Å²) in [6.45, 7) is 5.45. The summed E-state index contributed by atoms with van der Waals surface area (Å²) < 4.78 is 0. The van der Waals surface area contributed by atoms with Gasteiger partial charge in [-0.15, -0.1) is 0 Å². The molecule has 2 fully saturated rings. The lowest BCUT2D eigenvalue weighted by atomic mass is 9.90. The lowest BCUT2D eigenvalue weighted by Gasteiger charge is -2.23. The Labute approximate surface area is 117 Å². The summed E-state index contributed by atoms with van der Waals surface area (Å²) in [5.41, 5.74) is 6.01. The van der Waals surface area contributed by atoms with Gasteiger partial charge in [0, 0.05) is 12.6 Å². The number of carbonyl (C=O) groups excluding carboxylic acids is 1. The van der Waals surface area contributed by atoms with Crippen molar-refractivity contribution in [2.45, 2.75) is 57.9 Å². The molecule has 2 aliphatic rings. The van der Waals surface area contributed by atoms with Gasteiger partial charge < -0.3 is 11.1 Å². The minimum Gasteiger partial charge on any atom is -0.352 e. The van der Waals surface area contributed by atoms with Crippen LogP contribution in [0.2, 0.25) is 0 Å². The van der Waals surface area contributed by atoms with E-state index in [1.807, 2.05) is 0 Å². The summed E-state index contributed by atoms with van der Waals surface area (Å²) in [4.78, 5) is 14.3. The summed E-state index contributed by atoms with van der Waals surface area (Å²) >= 11 is 0. The molecule has 3 N–H and O–H groups in total. The molecule has 1 saturated heterocycles. The molecule has 0 aromatic rings. The third-order valence-corrected chi connectivity index (χ3v) is 4.72. The minimum atomic E-state index is 0.202. The van der Waals surface area contributed by atoms with Gasteiger partial charge >= 0.3 is 0 Å². The van der Waals surface area contributed by atoms with Gasteiger partial charge in [-0.05, 0) is 37.8 Å². The van der Waals surface area contributed by atoms with Gasteiger partial charge in [0.15, 0.2) is 0 Å². The van der Waals surface area contributed by atoms with Gasteiger partial charge in [-0.3, -0.25) is 9.69 Å². The third kappa shape index (κ3) is 4.46. The van der Waals surface area contributed by atoms with Crippen LogP contribution in [0.25, 0.3) is 0 Å². The molecule has 1 atom stereocenters. The zero-order valence-electron chi connectivity index (χ0n) is 12.3. The molecule has 1 heterocycles. The topological polar surface area (TPSA) is 58.4 Å². The summed E-state index contributed by atoms with van der Waals surface area (Å²) in [5, 5.41) is 3.22. The fourth-order valence-corrected chi connectivity index (χ4v) is 3.33. The largest absolute Gasteiger partial charge is 0.352 e. The van der Waals surface area contributed by atoms with Crippen molar-refractivity contribution in [1.82, 2.24) is 10.2 Å². The quantitative estimate of drug-likeness (QED) is 0.759. The number of hydrogen-bond acceptors (Lipinski definition) is 3. The average Bonchev–Trinajstić information content (AvgIpc) is 2.60. The normalized spacial score (nSPS) is 30.2. The van der Waals surface area contributed by atoms with Crippen molar-refractivity contribution in [2.75, 3.05) is 26.2 Å². The predicted octanol–water partition coefficient (Wildman–Crippen LogP) is 1.50. The van der Waals surface area contributed by atoms with Crippen molar-refractivity contribution in [3.05, 3.63) is 0 Å². The molecule has 19 heavy (non-hydrogen) atoms. The summed E-state index contributed by atoms with van der Waals surface area (Å²) in [6.07, 6.45) is 8.61. The average molecular weight is 267 g/mol. The van der Waals surface area contributed by atoms with Crippen molar-refractivity contribution in [1.29, 1.82) is 0 Å². The van der Waals surface area contributed by atoms with Crippen LogP contribution < -0.4 is 11.1 Å². The van der Waals surface area contributed by atoms with E-state index >= 15 is 0 Å². The van der Waals surface area contributed by atoms with Crippen molar-refractivity contribution in [2.24, 2.45) is 11.1 Å². The first kappa shape index (κ1) is 14.8. The molecule has 110 valence electrons. The van der Waals surface area contributed by atoms with Crippen LogP contribution >= 0.6 is 0 Å². The zero-order valence-corrected chi connectivity index (χ0v) is 12.3. The highest BCUT2D eigenvalue weighted by Gasteiger charge is 2.33. The van der Waals surface area contributed by atoms with Gasteiger partial charge in [0.05, 0.1) is 6.54 Å². The van der Waals surface area contributed by atoms with E-state index in [0.29, 0.717) is 19.1 Å². The molecule has 1 aliphatic heterocycles. The fraction of sp³-hybridized carbons (Fsp3) is 0.933. The molecule has 2 rings (SSSR count). The molecule has 0 bridgehead atoms. The van der Waals surface area contributed by atoms with E-state index in [1.165, 1.54) is 25.7 Å². The molecule has 0 aromatic heterocycles. The van der Waals surface area contributed by atoms with Crippen LogP contribution in [-0.4, -0.2) is 43.0 Å². The van der Waals surface area contributed by atoms with Gasteiger partial charge in [-0.25, -0.2) is 0 Å². The summed E-state index contributed by atoms with van der Waals surface area (Å²) in [7, 11) is 0. The maximum Gasteiger partial charge on any atom is 0.234 e. The number of likely N-dealkylation sites (tertiary alicyclic amines) is 1. The molecule has 1 amide bonds. The summed E-state index contributed by atoms with van der Waals surface area (Å²) in [6, 6.07) is 0.415. The Kier molecular flexibility index (Phi) is 5.22. The lowest BCUT2D eigenvalue weighted by molar-refractivity contribution is -0.122. The van der Waals surface area contributed by atoms with E-state index in [-0.39, 0.29) is 11.3 Å². The number of nitrogens with zero attached hydrogens (tertiary/aromatic N) is 1. The fourth-order valence-electron chi connectivity index (χ4n) is 3.33. The smallest absolute Gasteiger partial charge is 0.234 e. The van der Waals surface area contributed by atoms with Crippen LogP contribution in [0.15, 0.2) is 0 Å². The Morgan fingerprint density at radius 2 is 2.00 bits per heavy atom. The van der Waals surface area contributed by atoms with E-state index < -0.39 is 0 Å². The number of nitrogens with one attached hydrogen (secondary N) is 1. The van der Waals surface area contributed by atoms with Crippen LogP contribution in [0.4, 0.5) is 0 Å². The SMILES string of the molecule is CC1(CN)CCN(CC(=O)NC2CCCCCC2)C1. The highest BCUT2D eigenvalue weighted by Crippen LogP contribution is 2.28. The zero-order chi connectivity index (χ0) is 13.7. The first-order valence-electron chi connectivity index (χ1n) is 7.83. The molecule has 1 aliphatic carbocycles. The first-order chi connectivity index (χ1) is 9.11. The maximum atomic E-state index is 12.1. The number of amides is 1. The Bertz CT molecular complexity index is 300. The van der Waals surface area contributed by atoms with Gasteiger partial charge in [0.25, 0.3) is 0 Å². The molecular formula is C15H29N3O.